The second-order valence-electron chi connectivity index (χ2n) is 5.60. The van der Waals surface area contributed by atoms with Gasteiger partial charge < -0.3 is 5.32 Å². The summed E-state index contributed by atoms with van der Waals surface area (Å²) in [6.07, 6.45) is 1.98. The molecule has 0 radical (unpaired) electrons. The van der Waals surface area contributed by atoms with Gasteiger partial charge in [-0.1, -0.05) is 29.8 Å². The van der Waals surface area contributed by atoms with Gasteiger partial charge in [-0.15, -0.1) is 11.6 Å². The molecular formula is C15H21BrClNO. The van der Waals surface area contributed by atoms with Crippen LogP contribution < -0.4 is 5.32 Å². The van der Waals surface area contributed by atoms with Gasteiger partial charge in [0.15, 0.2) is 0 Å². The molecule has 1 amide bonds. The van der Waals surface area contributed by atoms with Crippen molar-refractivity contribution in [1.82, 2.24) is 5.32 Å². The molecule has 0 unspecified atom stereocenters. The number of benzene rings is 1. The fourth-order valence-corrected chi connectivity index (χ4v) is 2.54. The topological polar surface area (TPSA) is 29.1 Å². The van der Waals surface area contributed by atoms with E-state index >= 15 is 0 Å². The maximum atomic E-state index is 12.1. The molecule has 4 heteroatoms. The predicted molar refractivity (Wildman–Crippen MR) is 84.9 cm³/mol. The van der Waals surface area contributed by atoms with Gasteiger partial charge in [0.25, 0.3) is 5.91 Å². The first-order chi connectivity index (χ1) is 8.85. The van der Waals surface area contributed by atoms with E-state index in [1.54, 1.807) is 0 Å². The third-order valence-electron chi connectivity index (χ3n) is 3.15. The molecule has 2 nitrogen and oxygen atoms in total. The third kappa shape index (κ3) is 5.53. The second kappa shape index (κ2) is 7.30. The number of hydrogen-bond donors (Lipinski definition) is 1. The average Bonchev–Trinajstić information content (AvgIpc) is 2.34. The lowest BCUT2D eigenvalue weighted by atomic mass is 9.88. The van der Waals surface area contributed by atoms with Crippen LogP contribution in [0.1, 0.15) is 42.6 Å². The first-order valence-electron chi connectivity index (χ1n) is 6.46. The summed E-state index contributed by atoms with van der Waals surface area (Å²) in [4.78, 5) is 12.1. The van der Waals surface area contributed by atoms with Crippen LogP contribution in [0.4, 0.5) is 0 Å². The molecule has 1 rings (SSSR count). The maximum absolute atomic E-state index is 12.1. The molecule has 0 saturated heterocycles. The highest BCUT2D eigenvalue weighted by Crippen LogP contribution is 2.22. The number of aryl methyl sites for hydroxylation is 1. The molecule has 0 atom stereocenters. The van der Waals surface area contributed by atoms with Gasteiger partial charge in [-0.3, -0.25) is 4.79 Å². The van der Waals surface area contributed by atoms with E-state index in [0.29, 0.717) is 12.4 Å². The number of hydrogen-bond acceptors (Lipinski definition) is 1. The first kappa shape index (κ1) is 16.5. The predicted octanol–water partition coefficient (Wildman–Crippen LogP) is 4.53. The highest BCUT2D eigenvalue weighted by Gasteiger charge is 2.19. The minimum Gasteiger partial charge on any atom is -0.351 e. The highest BCUT2D eigenvalue weighted by atomic mass is 79.9. The van der Waals surface area contributed by atoms with Gasteiger partial charge in [0.2, 0.25) is 0 Å². The Morgan fingerprint density at radius 2 is 2.11 bits per heavy atom. The summed E-state index contributed by atoms with van der Waals surface area (Å²) in [6.45, 7) is 6.90. The standard InChI is InChI=1S/C15H21BrClNO/c1-11-9-12(16)5-6-13(11)14(19)18-10-15(2,3)7-4-8-17/h5-6,9H,4,7-8,10H2,1-3H3,(H,18,19). The molecule has 0 heterocycles. The molecule has 106 valence electrons. The number of carbonyl (C=O) groups is 1. The van der Waals surface area contributed by atoms with Crippen LogP contribution in [0.5, 0.6) is 0 Å². The Hall–Kier alpha value is -0.540. The van der Waals surface area contributed by atoms with E-state index < -0.39 is 0 Å². The smallest absolute Gasteiger partial charge is 0.251 e. The molecular weight excluding hydrogens is 326 g/mol. The van der Waals surface area contributed by atoms with Gasteiger partial charge in [0, 0.05) is 22.5 Å². The lowest BCUT2D eigenvalue weighted by Gasteiger charge is -2.24. The van der Waals surface area contributed by atoms with Gasteiger partial charge in [-0.05, 0) is 48.9 Å². The normalized spacial score (nSPS) is 11.4. The average molecular weight is 347 g/mol. The summed E-state index contributed by atoms with van der Waals surface area (Å²) in [5.74, 6) is 0.660. The van der Waals surface area contributed by atoms with E-state index in [-0.39, 0.29) is 11.3 Å². The zero-order chi connectivity index (χ0) is 14.5. The fourth-order valence-electron chi connectivity index (χ4n) is 1.93. The van der Waals surface area contributed by atoms with Crippen LogP contribution in [-0.2, 0) is 0 Å². The molecule has 0 aromatic heterocycles. The Morgan fingerprint density at radius 3 is 2.68 bits per heavy atom. The van der Waals surface area contributed by atoms with Gasteiger partial charge in [-0.25, -0.2) is 0 Å². The van der Waals surface area contributed by atoms with E-state index in [9.17, 15) is 4.79 Å². The molecule has 0 fully saturated rings. The summed E-state index contributed by atoms with van der Waals surface area (Å²) in [5, 5.41) is 3.01. The van der Waals surface area contributed by atoms with Crippen molar-refractivity contribution in [2.75, 3.05) is 12.4 Å². The monoisotopic (exact) mass is 345 g/mol. The Morgan fingerprint density at radius 1 is 1.42 bits per heavy atom. The summed E-state index contributed by atoms with van der Waals surface area (Å²) >= 11 is 9.11. The first-order valence-corrected chi connectivity index (χ1v) is 7.79. The molecule has 0 aliphatic heterocycles. The van der Waals surface area contributed by atoms with Crippen molar-refractivity contribution in [3.8, 4) is 0 Å². The van der Waals surface area contributed by atoms with Gasteiger partial charge in [0.1, 0.15) is 0 Å². The Bertz CT molecular complexity index is 446. The maximum Gasteiger partial charge on any atom is 0.251 e. The van der Waals surface area contributed by atoms with E-state index in [1.165, 1.54) is 0 Å². The molecule has 1 N–H and O–H groups in total. The zero-order valence-electron chi connectivity index (χ0n) is 11.7. The van der Waals surface area contributed by atoms with Crippen molar-refractivity contribution < 1.29 is 4.79 Å². The van der Waals surface area contributed by atoms with Crippen LogP contribution in [0.15, 0.2) is 22.7 Å². The molecule has 1 aromatic rings. The number of halogens is 2. The van der Waals surface area contributed by atoms with Crippen molar-refractivity contribution >= 4 is 33.4 Å². The van der Waals surface area contributed by atoms with Crippen molar-refractivity contribution in [1.29, 1.82) is 0 Å². The van der Waals surface area contributed by atoms with Gasteiger partial charge in [-0.2, -0.15) is 0 Å². The molecule has 0 bridgehead atoms. The van der Waals surface area contributed by atoms with E-state index in [1.807, 2.05) is 25.1 Å². The molecule has 0 aliphatic carbocycles. The van der Waals surface area contributed by atoms with Crippen LogP contribution in [-0.4, -0.2) is 18.3 Å². The quantitative estimate of drug-likeness (QED) is 0.753. The highest BCUT2D eigenvalue weighted by molar-refractivity contribution is 9.10. The van der Waals surface area contributed by atoms with Crippen LogP contribution in [0.2, 0.25) is 0 Å². The second-order valence-corrected chi connectivity index (χ2v) is 6.89. The van der Waals surface area contributed by atoms with E-state index in [2.05, 4.69) is 35.1 Å². The Balaban J connectivity index is 2.60. The molecule has 0 aliphatic rings. The van der Waals surface area contributed by atoms with Crippen molar-refractivity contribution in [3.05, 3.63) is 33.8 Å². The number of carbonyl (C=O) groups excluding carboxylic acids is 1. The molecule has 1 aromatic carbocycles. The minimum absolute atomic E-state index is 0.0102. The summed E-state index contributed by atoms with van der Waals surface area (Å²) in [7, 11) is 0. The van der Waals surface area contributed by atoms with Gasteiger partial charge in [0.05, 0.1) is 0 Å². The van der Waals surface area contributed by atoms with Crippen LogP contribution in [0.25, 0.3) is 0 Å². The zero-order valence-corrected chi connectivity index (χ0v) is 14.1. The Kier molecular flexibility index (Phi) is 6.34. The summed E-state index contributed by atoms with van der Waals surface area (Å²) in [6, 6.07) is 5.69. The number of nitrogens with one attached hydrogen (secondary N) is 1. The molecule has 19 heavy (non-hydrogen) atoms. The third-order valence-corrected chi connectivity index (χ3v) is 3.91. The largest absolute Gasteiger partial charge is 0.351 e. The van der Waals surface area contributed by atoms with Crippen LogP contribution >= 0.6 is 27.5 Å². The number of rotatable bonds is 6. The number of amides is 1. The minimum atomic E-state index is -0.0102. The molecule has 0 saturated carbocycles. The molecule has 0 spiro atoms. The lowest BCUT2D eigenvalue weighted by molar-refractivity contribution is 0.0934. The van der Waals surface area contributed by atoms with E-state index in [4.69, 9.17) is 11.6 Å². The fraction of sp³-hybridized carbons (Fsp3) is 0.533. The number of alkyl halides is 1. The lowest BCUT2D eigenvalue weighted by Crippen LogP contribution is -2.34. The summed E-state index contributed by atoms with van der Waals surface area (Å²) < 4.78 is 0.990. The summed E-state index contributed by atoms with van der Waals surface area (Å²) in [5.41, 5.74) is 1.79. The van der Waals surface area contributed by atoms with Crippen molar-refractivity contribution in [3.63, 3.8) is 0 Å². The van der Waals surface area contributed by atoms with Gasteiger partial charge >= 0.3 is 0 Å². The Labute approximate surface area is 129 Å². The van der Waals surface area contributed by atoms with Crippen LogP contribution in [0.3, 0.4) is 0 Å². The van der Waals surface area contributed by atoms with Crippen molar-refractivity contribution in [2.45, 2.75) is 33.6 Å². The van der Waals surface area contributed by atoms with E-state index in [0.717, 1.165) is 28.4 Å². The van der Waals surface area contributed by atoms with Crippen LogP contribution in [0, 0.1) is 12.3 Å². The van der Waals surface area contributed by atoms with Crippen molar-refractivity contribution in [2.24, 2.45) is 5.41 Å². The SMILES string of the molecule is Cc1cc(Br)ccc1C(=O)NCC(C)(C)CCCCl.